The van der Waals surface area contributed by atoms with Crippen LogP contribution < -0.4 is 0 Å². The Morgan fingerprint density at radius 3 is 2.54 bits per heavy atom. The van der Waals surface area contributed by atoms with Crippen LogP contribution in [0, 0.1) is 17.2 Å². The molecule has 0 bridgehead atoms. The molecule has 1 saturated heterocycles. The number of nitriles is 1. The smallest absolute Gasteiger partial charge is 0.257 e. The van der Waals surface area contributed by atoms with Crippen molar-refractivity contribution in [1.29, 1.82) is 5.26 Å². The first-order valence-corrected chi connectivity index (χ1v) is 11.9. The summed E-state index contributed by atoms with van der Waals surface area (Å²) < 4.78 is 2.08. The van der Waals surface area contributed by atoms with Crippen LogP contribution in [0.25, 0.3) is 5.00 Å². The van der Waals surface area contributed by atoms with Gasteiger partial charge in [0, 0.05) is 49.2 Å². The number of rotatable bonds is 4. The predicted molar refractivity (Wildman–Crippen MR) is 115 cm³/mol. The number of carbonyl (C=O) groups excluding carboxylic acids is 1. The Bertz CT molecular complexity index is 873. The molecule has 0 aromatic carbocycles. The minimum atomic E-state index is -0.0707. The molecule has 148 valence electrons. The van der Waals surface area contributed by atoms with Crippen molar-refractivity contribution in [1.82, 2.24) is 14.4 Å². The van der Waals surface area contributed by atoms with Gasteiger partial charge in [-0.2, -0.15) is 17.0 Å². The zero-order valence-electron chi connectivity index (χ0n) is 16.4. The molecule has 4 rings (SSSR count). The van der Waals surface area contributed by atoms with Gasteiger partial charge in [0.05, 0.1) is 11.6 Å². The van der Waals surface area contributed by atoms with E-state index in [2.05, 4.69) is 29.4 Å². The van der Waals surface area contributed by atoms with Gasteiger partial charge in [-0.05, 0) is 35.8 Å². The summed E-state index contributed by atoms with van der Waals surface area (Å²) in [5.41, 5.74) is 2.17. The Balaban J connectivity index is 1.58. The molecule has 4 heterocycles. The average Bonchev–Trinajstić information content (AvgIpc) is 3.36. The van der Waals surface area contributed by atoms with Crippen molar-refractivity contribution in [2.24, 2.45) is 5.92 Å². The number of amides is 1. The highest BCUT2D eigenvalue weighted by Crippen LogP contribution is 2.39. The molecule has 7 heteroatoms. The van der Waals surface area contributed by atoms with Crippen molar-refractivity contribution in [2.75, 3.05) is 31.9 Å². The summed E-state index contributed by atoms with van der Waals surface area (Å²) in [7, 11) is 0. The number of thioether (sulfide) groups is 1. The zero-order chi connectivity index (χ0) is 19.7. The van der Waals surface area contributed by atoms with Gasteiger partial charge in [0.2, 0.25) is 0 Å². The standard InChI is InChI=1S/C21H26N4OS2/c1-15(2)17(13-22)23-8-10-24(11-9-23)20(26)19-16-5-12-27-14-18(16)28-21(19)25-6-3-4-7-25/h3-4,6-7,15,17H,5,8-12,14H2,1-2H3. The molecule has 2 aromatic heterocycles. The lowest BCUT2D eigenvalue weighted by Gasteiger charge is -2.38. The highest BCUT2D eigenvalue weighted by molar-refractivity contribution is 7.98. The lowest BCUT2D eigenvalue weighted by molar-refractivity contribution is 0.0576. The van der Waals surface area contributed by atoms with Crippen molar-refractivity contribution < 1.29 is 4.79 Å². The fourth-order valence-corrected chi connectivity index (χ4v) is 6.54. The molecular formula is C21H26N4OS2. The Kier molecular flexibility index (Phi) is 5.81. The normalized spacial score (nSPS) is 18.7. The van der Waals surface area contributed by atoms with Gasteiger partial charge in [-0.3, -0.25) is 9.69 Å². The molecule has 2 aliphatic heterocycles. The maximum Gasteiger partial charge on any atom is 0.257 e. The summed E-state index contributed by atoms with van der Waals surface area (Å²) in [6, 6.07) is 6.38. The quantitative estimate of drug-likeness (QED) is 0.767. The van der Waals surface area contributed by atoms with Crippen LogP contribution in [0.5, 0.6) is 0 Å². The minimum absolute atomic E-state index is 0.0707. The van der Waals surface area contributed by atoms with Gasteiger partial charge >= 0.3 is 0 Å². The van der Waals surface area contributed by atoms with Crippen LogP contribution in [0.3, 0.4) is 0 Å². The van der Waals surface area contributed by atoms with Gasteiger partial charge in [0.25, 0.3) is 5.91 Å². The summed E-state index contributed by atoms with van der Waals surface area (Å²) in [5.74, 6) is 2.55. The highest BCUT2D eigenvalue weighted by Gasteiger charge is 2.32. The number of fused-ring (bicyclic) bond motifs is 1. The first-order valence-electron chi connectivity index (χ1n) is 9.88. The number of carbonyl (C=O) groups is 1. The topological polar surface area (TPSA) is 52.3 Å². The third kappa shape index (κ3) is 3.61. The van der Waals surface area contributed by atoms with Gasteiger partial charge in [-0.1, -0.05) is 13.8 Å². The maximum atomic E-state index is 13.6. The van der Waals surface area contributed by atoms with Crippen molar-refractivity contribution in [3.8, 4) is 11.1 Å². The zero-order valence-corrected chi connectivity index (χ0v) is 18.1. The lowest BCUT2D eigenvalue weighted by atomic mass is 10.0. The second-order valence-electron chi connectivity index (χ2n) is 7.72. The summed E-state index contributed by atoms with van der Waals surface area (Å²) >= 11 is 3.72. The van der Waals surface area contributed by atoms with E-state index in [1.165, 1.54) is 10.4 Å². The second kappa shape index (κ2) is 8.32. The molecule has 0 aliphatic carbocycles. The number of thiophene rings is 1. The predicted octanol–water partition coefficient (Wildman–Crippen LogP) is 3.63. The molecule has 2 aromatic rings. The lowest BCUT2D eigenvalue weighted by Crippen LogP contribution is -2.53. The van der Waals surface area contributed by atoms with E-state index in [1.807, 2.05) is 41.2 Å². The van der Waals surface area contributed by atoms with Gasteiger partial charge in [-0.25, -0.2) is 0 Å². The van der Waals surface area contributed by atoms with E-state index < -0.39 is 0 Å². The number of piperazine rings is 1. The van der Waals surface area contributed by atoms with E-state index in [9.17, 15) is 10.1 Å². The molecule has 0 spiro atoms. The van der Waals surface area contributed by atoms with Gasteiger partial charge in [0.15, 0.2) is 0 Å². The maximum absolute atomic E-state index is 13.6. The van der Waals surface area contributed by atoms with Crippen LogP contribution in [0.2, 0.25) is 0 Å². The molecule has 2 aliphatic rings. The molecule has 1 amide bonds. The summed E-state index contributed by atoms with van der Waals surface area (Å²) in [6.07, 6.45) is 5.03. The third-order valence-corrected chi connectivity index (χ3v) is 8.03. The number of nitrogens with zero attached hydrogens (tertiary/aromatic N) is 4. The van der Waals surface area contributed by atoms with E-state index in [1.54, 1.807) is 11.3 Å². The Morgan fingerprint density at radius 1 is 1.18 bits per heavy atom. The molecule has 5 nitrogen and oxygen atoms in total. The second-order valence-corrected chi connectivity index (χ2v) is 9.91. The first-order chi connectivity index (χ1) is 13.6. The summed E-state index contributed by atoms with van der Waals surface area (Å²) in [6.45, 7) is 7.09. The monoisotopic (exact) mass is 414 g/mol. The van der Waals surface area contributed by atoms with Gasteiger partial charge in [0.1, 0.15) is 11.0 Å². The van der Waals surface area contributed by atoms with Crippen LogP contribution in [-0.2, 0) is 12.2 Å². The first kappa shape index (κ1) is 19.6. The van der Waals surface area contributed by atoms with Crippen LogP contribution in [-0.4, -0.2) is 58.2 Å². The van der Waals surface area contributed by atoms with Crippen molar-refractivity contribution in [2.45, 2.75) is 32.1 Å². The Hall–Kier alpha value is -1.75. The molecule has 1 unspecified atom stereocenters. The molecule has 0 N–H and O–H groups in total. The largest absolute Gasteiger partial charge is 0.336 e. The third-order valence-electron chi connectivity index (χ3n) is 5.61. The molecule has 1 fully saturated rings. The van der Waals surface area contributed by atoms with E-state index >= 15 is 0 Å². The molecule has 1 atom stereocenters. The van der Waals surface area contributed by atoms with E-state index in [0.717, 1.165) is 41.6 Å². The molecule has 0 radical (unpaired) electrons. The van der Waals surface area contributed by atoms with Gasteiger partial charge < -0.3 is 9.47 Å². The van der Waals surface area contributed by atoms with Crippen LogP contribution in [0.4, 0.5) is 0 Å². The number of hydrogen-bond donors (Lipinski definition) is 0. The van der Waals surface area contributed by atoms with E-state index in [4.69, 9.17) is 0 Å². The summed E-state index contributed by atoms with van der Waals surface area (Å²) in [5, 5.41) is 10.5. The van der Waals surface area contributed by atoms with E-state index in [-0.39, 0.29) is 11.9 Å². The SMILES string of the molecule is CC(C)C(C#N)N1CCN(C(=O)c2c(-n3cccc3)sc3c2CCSC3)CC1. The number of aromatic nitrogens is 1. The van der Waals surface area contributed by atoms with Crippen LogP contribution in [0.15, 0.2) is 24.5 Å². The summed E-state index contributed by atoms with van der Waals surface area (Å²) in [4.78, 5) is 19.1. The average molecular weight is 415 g/mol. The van der Waals surface area contributed by atoms with Crippen molar-refractivity contribution in [3.05, 3.63) is 40.5 Å². The van der Waals surface area contributed by atoms with Crippen molar-refractivity contribution in [3.63, 3.8) is 0 Å². The number of hydrogen-bond acceptors (Lipinski definition) is 5. The molecular weight excluding hydrogens is 388 g/mol. The highest BCUT2D eigenvalue weighted by atomic mass is 32.2. The van der Waals surface area contributed by atoms with Crippen molar-refractivity contribution >= 4 is 29.0 Å². The Morgan fingerprint density at radius 2 is 1.89 bits per heavy atom. The van der Waals surface area contributed by atoms with Crippen LogP contribution in [0.1, 0.15) is 34.6 Å². The van der Waals surface area contributed by atoms with E-state index in [0.29, 0.717) is 19.0 Å². The fraction of sp³-hybridized carbons (Fsp3) is 0.524. The molecule has 0 saturated carbocycles. The Labute approximate surface area is 174 Å². The minimum Gasteiger partial charge on any atom is -0.336 e. The fourth-order valence-electron chi connectivity index (χ4n) is 4.10. The van der Waals surface area contributed by atoms with Crippen LogP contribution >= 0.6 is 23.1 Å². The van der Waals surface area contributed by atoms with Gasteiger partial charge in [-0.15, -0.1) is 11.3 Å². The molecule has 28 heavy (non-hydrogen) atoms.